The largest absolute Gasteiger partial charge is 0.376 e. The second-order valence-corrected chi connectivity index (χ2v) is 9.18. The molecule has 3 rings (SSSR count). The predicted molar refractivity (Wildman–Crippen MR) is 136 cm³/mol. The van der Waals surface area contributed by atoms with Crippen LogP contribution < -0.4 is 10.9 Å². The molecule has 0 amide bonds. The van der Waals surface area contributed by atoms with E-state index in [2.05, 4.69) is 53.9 Å². The van der Waals surface area contributed by atoms with Crippen molar-refractivity contribution >= 4 is 28.2 Å². The number of aromatic nitrogens is 1. The lowest BCUT2D eigenvalue weighted by atomic mass is 10.0. The van der Waals surface area contributed by atoms with E-state index in [1.807, 2.05) is 12.1 Å². The normalized spacial score (nSPS) is 16.1. The summed E-state index contributed by atoms with van der Waals surface area (Å²) >= 11 is 5.76. The van der Waals surface area contributed by atoms with E-state index in [4.69, 9.17) is 17.0 Å². The second kappa shape index (κ2) is 11.8. The monoisotopic (exact) mass is 458 g/mol. The zero-order chi connectivity index (χ0) is 23.1. The van der Waals surface area contributed by atoms with Crippen LogP contribution in [0.25, 0.3) is 10.9 Å². The fraction of sp³-hybridized carbons (Fsp3) is 0.600. The lowest BCUT2D eigenvalue weighted by molar-refractivity contribution is 0.113. The van der Waals surface area contributed by atoms with Crippen molar-refractivity contribution in [3.63, 3.8) is 0 Å². The van der Waals surface area contributed by atoms with Gasteiger partial charge in [0.15, 0.2) is 5.11 Å². The van der Waals surface area contributed by atoms with Crippen LogP contribution in [0.2, 0.25) is 0 Å². The SMILES string of the molecule is CCN(CC)CCCN(Cc1cc2c(C)cc(C)cc2[nH]c1=O)C(=S)NC[C@H]1CCCO1. The minimum absolute atomic E-state index is 0.0434. The van der Waals surface area contributed by atoms with Gasteiger partial charge in [0.05, 0.1) is 12.6 Å². The Balaban J connectivity index is 1.76. The van der Waals surface area contributed by atoms with Crippen LogP contribution in [0.4, 0.5) is 0 Å². The average Bonchev–Trinajstić information content (AvgIpc) is 3.28. The number of rotatable bonds is 10. The third kappa shape index (κ3) is 6.53. The molecule has 0 spiro atoms. The number of aryl methyl sites for hydroxylation is 2. The van der Waals surface area contributed by atoms with Crippen LogP contribution in [0.1, 0.15) is 49.8 Å². The molecule has 2 aromatic rings. The second-order valence-electron chi connectivity index (χ2n) is 8.79. The van der Waals surface area contributed by atoms with Gasteiger partial charge >= 0.3 is 0 Å². The van der Waals surface area contributed by atoms with Gasteiger partial charge in [0.25, 0.3) is 5.56 Å². The molecule has 1 aromatic heterocycles. The van der Waals surface area contributed by atoms with Crippen LogP contribution in [-0.4, -0.2) is 65.3 Å². The number of aromatic amines is 1. The van der Waals surface area contributed by atoms with Crippen molar-refractivity contribution in [3.8, 4) is 0 Å². The first-order chi connectivity index (χ1) is 15.4. The quantitative estimate of drug-likeness (QED) is 0.529. The van der Waals surface area contributed by atoms with Crippen molar-refractivity contribution in [1.29, 1.82) is 0 Å². The number of fused-ring (bicyclic) bond motifs is 1. The Labute approximate surface area is 197 Å². The molecule has 2 N–H and O–H groups in total. The first-order valence-corrected chi connectivity index (χ1v) is 12.3. The Hall–Kier alpha value is -1.96. The molecule has 0 saturated carbocycles. The zero-order valence-electron chi connectivity index (χ0n) is 20.0. The number of thiocarbonyl (C=S) groups is 1. The number of H-pyrrole nitrogens is 1. The van der Waals surface area contributed by atoms with Crippen molar-refractivity contribution < 1.29 is 4.74 Å². The number of pyridine rings is 1. The maximum atomic E-state index is 12.9. The van der Waals surface area contributed by atoms with Gasteiger partial charge in [-0.3, -0.25) is 4.79 Å². The molecule has 1 aliphatic rings. The summed E-state index contributed by atoms with van der Waals surface area (Å²) in [5, 5.41) is 5.18. The smallest absolute Gasteiger partial charge is 0.253 e. The Morgan fingerprint density at radius 3 is 2.69 bits per heavy atom. The van der Waals surface area contributed by atoms with E-state index in [0.717, 1.165) is 80.6 Å². The first kappa shape index (κ1) is 24.7. The minimum atomic E-state index is -0.0434. The lowest BCUT2D eigenvalue weighted by Crippen LogP contribution is -2.44. The summed E-state index contributed by atoms with van der Waals surface area (Å²) in [6, 6.07) is 6.21. The molecular formula is C25H38N4O2S. The van der Waals surface area contributed by atoms with Gasteiger partial charge in [0.1, 0.15) is 0 Å². The Bertz CT molecular complexity index is 964. The highest BCUT2D eigenvalue weighted by molar-refractivity contribution is 7.80. The third-order valence-corrected chi connectivity index (χ3v) is 6.74. The molecule has 0 unspecified atom stereocenters. The number of nitrogens with one attached hydrogen (secondary N) is 2. The highest BCUT2D eigenvalue weighted by Gasteiger charge is 2.18. The highest BCUT2D eigenvalue weighted by atomic mass is 32.1. The first-order valence-electron chi connectivity index (χ1n) is 11.9. The molecule has 7 heteroatoms. The van der Waals surface area contributed by atoms with E-state index >= 15 is 0 Å². The zero-order valence-corrected chi connectivity index (χ0v) is 20.8. The molecule has 2 heterocycles. The molecule has 1 atom stereocenters. The number of hydrogen-bond acceptors (Lipinski definition) is 4. The average molecular weight is 459 g/mol. The fourth-order valence-corrected chi connectivity index (χ4v) is 4.67. The third-order valence-electron chi connectivity index (χ3n) is 6.34. The van der Waals surface area contributed by atoms with Gasteiger partial charge in [-0.1, -0.05) is 19.9 Å². The molecule has 0 aliphatic carbocycles. The van der Waals surface area contributed by atoms with Gasteiger partial charge in [-0.25, -0.2) is 0 Å². The van der Waals surface area contributed by atoms with Crippen molar-refractivity contribution in [2.45, 2.75) is 59.6 Å². The van der Waals surface area contributed by atoms with Gasteiger partial charge in [0, 0.05) is 36.2 Å². The van der Waals surface area contributed by atoms with Crippen LogP contribution in [-0.2, 0) is 11.3 Å². The minimum Gasteiger partial charge on any atom is -0.376 e. The van der Waals surface area contributed by atoms with E-state index in [9.17, 15) is 4.79 Å². The number of ether oxygens (including phenoxy) is 1. The highest BCUT2D eigenvalue weighted by Crippen LogP contribution is 2.19. The topological polar surface area (TPSA) is 60.6 Å². The Morgan fingerprint density at radius 1 is 1.22 bits per heavy atom. The van der Waals surface area contributed by atoms with Crippen molar-refractivity contribution in [1.82, 2.24) is 20.1 Å². The lowest BCUT2D eigenvalue weighted by Gasteiger charge is -2.28. The Morgan fingerprint density at radius 2 is 2.00 bits per heavy atom. The van der Waals surface area contributed by atoms with Gasteiger partial charge in [0.2, 0.25) is 0 Å². The van der Waals surface area contributed by atoms with Crippen molar-refractivity contribution in [2.75, 3.05) is 39.3 Å². The molecule has 1 fully saturated rings. The van der Waals surface area contributed by atoms with Gasteiger partial charge in [-0.05, 0) is 88.2 Å². The summed E-state index contributed by atoms with van der Waals surface area (Å²) in [7, 11) is 0. The maximum Gasteiger partial charge on any atom is 0.253 e. The summed E-state index contributed by atoms with van der Waals surface area (Å²) in [5.74, 6) is 0. The molecule has 6 nitrogen and oxygen atoms in total. The van der Waals surface area contributed by atoms with Gasteiger partial charge in [-0.2, -0.15) is 0 Å². The molecule has 32 heavy (non-hydrogen) atoms. The van der Waals surface area contributed by atoms with E-state index in [1.165, 1.54) is 5.56 Å². The van der Waals surface area contributed by atoms with Gasteiger partial charge < -0.3 is 24.8 Å². The summed E-state index contributed by atoms with van der Waals surface area (Å²) in [6.45, 7) is 14.5. The van der Waals surface area contributed by atoms with Gasteiger partial charge in [-0.15, -0.1) is 0 Å². The summed E-state index contributed by atoms with van der Waals surface area (Å²) in [5.41, 5.74) is 3.91. The van der Waals surface area contributed by atoms with Crippen molar-refractivity contribution in [2.24, 2.45) is 0 Å². The van der Waals surface area contributed by atoms with E-state index in [1.54, 1.807) is 0 Å². The molecule has 0 radical (unpaired) electrons. The van der Waals surface area contributed by atoms with Crippen molar-refractivity contribution in [3.05, 3.63) is 45.2 Å². The standard InChI is InChI=1S/C25H38N4O2S/c1-5-28(6-2)10-8-11-29(25(32)26-16-21-9-7-12-31-21)17-20-15-22-19(4)13-18(3)14-23(22)27-24(20)30/h13-15,21H,5-12,16-17H2,1-4H3,(H,26,32)(H,27,30)/t21-/m1/s1. The number of hydrogen-bond donors (Lipinski definition) is 2. The predicted octanol–water partition coefficient (Wildman–Crippen LogP) is 3.73. The molecule has 1 saturated heterocycles. The molecule has 1 aromatic carbocycles. The van der Waals surface area contributed by atoms with Crippen LogP contribution >= 0.6 is 12.2 Å². The van der Waals surface area contributed by atoms with E-state index in [0.29, 0.717) is 11.7 Å². The number of benzene rings is 1. The van der Waals surface area contributed by atoms with Crippen LogP contribution in [0, 0.1) is 13.8 Å². The molecule has 0 bridgehead atoms. The fourth-order valence-electron chi connectivity index (χ4n) is 4.43. The van der Waals surface area contributed by atoms with Crippen LogP contribution in [0.5, 0.6) is 0 Å². The molecule has 176 valence electrons. The van der Waals surface area contributed by atoms with Crippen LogP contribution in [0.3, 0.4) is 0 Å². The van der Waals surface area contributed by atoms with E-state index < -0.39 is 0 Å². The molecular weight excluding hydrogens is 420 g/mol. The number of nitrogens with zero attached hydrogens (tertiary/aromatic N) is 2. The summed E-state index contributed by atoms with van der Waals surface area (Å²) in [4.78, 5) is 20.5. The van der Waals surface area contributed by atoms with E-state index in [-0.39, 0.29) is 11.7 Å². The summed E-state index contributed by atoms with van der Waals surface area (Å²) in [6.07, 6.45) is 3.39. The Kier molecular flexibility index (Phi) is 9.08. The molecule has 1 aliphatic heterocycles. The summed E-state index contributed by atoms with van der Waals surface area (Å²) < 4.78 is 5.73. The van der Waals surface area contributed by atoms with Crippen LogP contribution in [0.15, 0.2) is 23.0 Å². The maximum absolute atomic E-state index is 12.9.